The number of benzene rings is 2. The summed E-state index contributed by atoms with van der Waals surface area (Å²) in [7, 11) is 1.64. The number of carbonyl (C=O) groups excluding carboxylic acids is 1. The Morgan fingerprint density at radius 1 is 1.09 bits per heavy atom. The molecule has 2 aromatic rings. The van der Waals surface area contributed by atoms with Gasteiger partial charge in [0.25, 0.3) is 0 Å². The molecule has 0 N–H and O–H groups in total. The van der Waals surface area contributed by atoms with Gasteiger partial charge in [-0.2, -0.15) is 0 Å². The summed E-state index contributed by atoms with van der Waals surface area (Å²) in [6, 6.07) is 11.7. The number of rotatable bonds is 5. The molecule has 3 heterocycles. The number of likely N-dealkylation sites (tertiary alicyclic amines) is 1. The van der Waals surface area contributed by atoms with Gasteiger partial charge in [-0.25, -0.2) is 0 Å². The highest BCUT2D eigenvalue weighted by Crippen LogP contribution is 2.53. The van der Waals surface area contributed by atoms with Gasteiger partial charge in [-0.15, -0.1) is 0 Å². The molecule has 7 heteroatoms. The van der Waals surface area contributed by atoms with Crippen LogP contribution < -0.4 is 18.9 Å². The molecule has 0 bridgehead atoms. The largest absolute Gasteiger partial charge is 0.497 e. The first kappa shape index (κ1) is 20.9. The summed E-state index contributed by atoms with van der Waals surface area (Å²) >= 11 is 0. The minimum Gasteiger partial charge on any atom is -0.497 e. The van der Waals surface area contributed by atoms with Crippen LogP contribution in [-0.2, 0) is 9.53 Å². The Labute approximate surface area is 188 Å². The highest BCUT2D eigenvalue weighted by molar-refractivity contribution is 5.78. The van der Waals surface area contributed by atoms with Crippen molar-refractivity contribution in [2.45, 2.75) is 38.3 Å². The first-order chi connectivity index (χ1) is 15.5. The number of nitrogens with zero attached hydrogens (tertiary/aromatic N) is 1. The third-order valence-electron chi connectivity index (χ3n) is 6.82. The summed E-state index contributed by atoms with van der Waals surface area (Å²) in [6.07, 6.45) is 2.16. The Kier molecular flexibility index (Phi) is 5.37. The van der Waals surface area contributed by atoms with Crippen LogP contribution in [0.2, 0.25) is 0 Å². The molecule has 7 nitrogen and oxygen atoms in total. The van der Waals surface area contributed by atoms with Crippen LogP contribution in [-0.4, -0.2) is 50.2 Å². The summed E-state index contributed by atoms with van der Waals surface area (Å²) in [5, 5.41) is 0. The molecule has 3 aliphatic heterocycles. The van der Waals surface area contributed by atoms with E-state index in [1.807, 2.05) is 50.2 Å². The van der Waals surface area contributed by atoms with Gasteiger partial charge in [-0.3, -0.25) is 9.69 Å². The second kappa shape index (κ2) is 8.20. The summed E-state index contributed by atoms with van der Waals surface area (Å²) in [6.45, 7) is 6.10. The molecule has 3 atom stereocenters. The van der Waals surface area contributed by atoms with Gasteiger partial charge in [0.2, 0.25) is 6.79 Å². The van der Waals surface area contributed by atoms with Crippen LogP contribution in [0.1, 0.15) is 43.7 Å². The molecule has 0 saturated carbocycles. The number of fused-ring (bicyclic) bond motifs is 2. The third-order valence-corrected chi connectivity index (χ3v) is 6.82. The van der Waals surface area contributed by atoms with Crippen LogP contribution in [0.25, 0.3) is 0 Å². The van der Waals surface area contributed by atoms with Crippen LogP contribution in [0, 0.1) is 5.92 Å². The molecule has 0 aromatic heterocycles. The van der Waals surface area contributed by atoms with E-state index >= 15 is 0 Å². The Hall–Kier alpha value is -2.93. The Bertz CT molecular complexity index is 1000. The summed E-state index contributed by atoms with van der Waals surface area (Å²) in [5.74, 6) is 1.72. The molecule has 1 fully saturated rings. The van der Waals surface area contributed by atoms with Crippen LogP contribution in [0.5, 0.6) is 23.0 Å². The van der Waals surface area contributed by atoms with Gasteiger partial charge >= 0.3 is 5.97 Å². The van der Waals surface area contributed by atoms with E-state index in [9.17, 15) is 4.79 Å². The molecule has 3 aliphatic rings. The van der Waals surface area contributed by atoms with Gasteiger partial charge in [0.1, 0.15) is 17.4 Å². The zero-order valence-electron chi connectivity index (χ0n) is 18.8. The molecule has 32 heavy (non-hydrogen) atoms. The van der Waals surface area contributed by atoms with Crippen molar-refractivity contribution in [3.63, 3.8) is 0 Å². The fraction of sp³-hybridized carbons (Fsp3) is 0.480. The molecule has 0 radical (unpaired) electrons. The van der Waals surface area contributed by atoms with Crippen molar-refractivity contribution >= 4 is 5.97 Å². The topological polar surface area (TPSA) is 66.5 Å². The van der Waals surface area contributed by atoms with Crippen molar-refractivity contribution in [3.8, 4) is 23.0 Å². The van der Waals surface area contributed by atoms with Gasteiger partial charge in [-0.05, 0) is 50.5 Å². The highest BCUT2D eigenvalue weighted by atomic mass is 16.7. The lowest BCUT2D eigenvalue weighted by Crippen LogP contribution is -2.61. The maximum atomic E-state index is 13.5. The van der Waals surface area contributed by atoms with Gasteiger partial charge in [0.15, 0.2) is 17.2 Å². The van der Waals surface area contributed by atoms with E-state index in [2.05, 4.69) is 4.90 Å². The van der Waals surface area contributed by atoms with E-state index in [0.717, 1.165) is 42.8 Å². The van der Waals surface area contributed by atoms with E-state index in [0.29, 0.717) is 23.9 Å². The predicted molar refractivity (Wildman–Crippen MR) is 117 cm³/mol. The minimum absolute atomic E-state index is 0.177. The SMILES string of the molecule is CCOC(=O)[C@@H]1[C@@H](c2ccc(OC)cc2)c2cc3c(cc2O[C@]1(C)N1CCCC1)OCO3. The van der Waals surface area contributed by atoms with Crippen LogP contribution >= 0.6 is 0 Å². The van der Waals surface area contributed by atoms with Crippen LogP contribution in [0.3, 0.4) is 0 Å². The average Bonchev–Trinajstić information content (AvgIpc) is 3.49. The van der Waals surface area contributed by atoms with Crippen molar-refractivity contribution in [3.05, 3.63) is 47.5 Å². The summed E-state index contributed by atoms with van der Waals surface area (Å²) in [4.78, 5) is 15.8. The second-order valence-corrected chi connectivity index (χ2v) is 8.57. The Balaban J connectivity index is 1.70. The zero-order valence-corrected chi connectivity index (χ0v) is 18.8. The lowest BCUT2D eigenvalue weighted by Gasteiger charge is -2.49. The first-order valence-electron chi connectivity index (χ1n) is 11.2. The number of hydrogen-bond donors (Lipinski definition) is 0. The molecule has 5 rings (SSSR count). The van der Waals surface area contributed by atoms with E-state index in [1.165, 1.54) is 0 Å². The van der Waals surface area contributed by atoms with Gasteiger partial charge in [-0.1, -0.05) is 12.1 Å². The van der Waals surface area contributed by atoms with E-state index in [4.69, 9.17) is 23.7 Å². The van der Waals surface area contributed by atoms with Crippen molar-refractivity contribution in [1.82, 2.24) is 4.90 Å². The Morgan fingerprint density at radius 2 is 1.78 bits per heavy atom. The van der Waals surface area contributed by atoms with Crippen LogP contribution in [0.4, 0.5) is 0 Å². The molecular formula is C25H29NO6. The third kappa shape index (κ3) is 3.35. The number of methoxy groups -OCH3 is 1. The molecule has 170 valence electrons. The fourth-order valence-corrected chi connectivity index (χ4v) is 5.24. The average molecular weight is 440 g/mol. The standard InChI is InChI=1S/C25H29NO6/c1-4-29-24(27)23-22(16-7-9-17(28-3)10-8-16)18-13-20-21(31-15-30-20)14-19(18)32-25(23,2)26-11-5-6-12-26/h7-10,13-14,22-23H,4-6,11-12,15H2,1-3H3/t22-,23-,25-/m0/s1. The maximum Gasteiger partial charge on any atom is 0.315 e. The van der Waals surface area contributed by atoms with Gasteiger partial charge in [0, 0.05) is 30.6 Å². The van der Waals surface area contributed by atoms with E-state index < -0.39 is 11.6 Å². The van der Waals surface area contributed by atoms with Crippen molar-refractivity contribution in [1.29, 1.82) is 0 Å². The monoisotopic (exact) mass is 439 g/mol. The molecule has 1 saturated heterocycles. The number of esters is 1. The van der Waals surface area contributed by atoms with Gasteiger partial charge < -0.3 is 23.7 Å². The summed E-state index contributed by atoms with van der Waals surface area (Å²) < 4.78 is 28.9. The normalized spacial score (nSPS) is 26.3. The maximum absolute atomic E-state index is 13.5. The second-order valence-electron chi connectivity index (χ2n) is 8.57. The minimum atomic E-state index is -0.853. The number of carbonyl (C=O) groups is 1. The summed E-state index contributed by atoms with van der Waals surface area (Å²) in [5.41, 5.74) is 1.04. The fourth-order valence-electron chi connectivity index (χ4n) is 5.24. The molecule has 0 aliphatic carbocycles. The molecular weight excluding hydrogens is 410 g/mol. The smallest absolute Gasteiger partial charge is 0.315 e. The van der Waals surface area contributed by atoms with Crippen molar-refractivity contribution in [2.24, 2.45) is 5.92 Å². The van der Waals surface area contributed by atoms with Crippen molar-refractivity contribution in [2.75, 3.05) is 33.6 Å². The highest BCUT2D eigenvalue weighted by Gasteiger charge is 2.56. The van der Waals surface area contributed by atoms with E-state index in [-0.39, 0.29) is 18.7 Å². The lowest BCUT2D eigenvalue weighted by atomic mass is 9.72. The number of ether oxygens (including phenoxy) is 5. The predicted octanol–water partition coefficient (Wildman–Crippen LogP) is 3.94. The lowest BCUT2D eigenvalue weighted by molar-refractivity contribution is -0.174. The Morgan fingerprint density at radius 3 is 2.44 bits per heavy atom. The van der Waals surface area contributed by atoms with Gasteiger partial charge in [0.05, 0.1) is 13.7 Å². The first-order valence-corrected chi connectivity index (χ1v) is 11.2. The molecule has 0 amide bonds. The number of hydrogen-bond acceptors (Lipinski definition) is 7. The molecule has 2 aromatic carbocycles. The van der Waals surface area contributed by atoms with Crippen LogP contribution in [0.15, 0.2) is 36.4 Å². The van der Waals surface area contributed by atoms with Crippen molar-refractivity contribution < 1.29 is 28.5 Å². The molecule has 0 unspecified atom stereocenters. The molecule has 0 spiro atoms. The van der Waals surface area contributed by atoms with E-state index in [1.54, 1.807) is 7.11 Å². The zero-order chi connectivity index (χ0) is 22.3. The quantitative estimate of drug-likeness (QED) is 0.654.